The molecular formula is C27H41FN10O. The molecule has 12 heteroatoms. The highest BCUT2D eigenvalue weighted by Crippen LogP contribution is 2.52. The topological polar surface area (TPSA) is 129 Å². The molecule has 1 aliphatic carbocycles. The fourth-order valence-electron chi connectivity index (χ4n) is 6.93. The zero-order valence-electron chi connectivity index (χ0n) is 22.8. The number of nitrogens with zero attached hydrogens (tertiary/aromatic N) is 6. The van der Waals surface area contributed by atoms with E-state index in [0.29, 0.717) is 30.4 Å². The molecule has 4 atom stereocenters. The van der Waals surface area contributed by atoms with Gasteiger partial charge in [0.25, 0.3) is 0 Å². The number of hydrazine groups is 1. The molecule has 1 aromatic rings. The summed E-state index contributed by atoms with van der Waals surface area (Å²) in [4.78, 5) is 24.5. The van der Waals surface area contributed by atoms with Gasteiger partial charge in [-0.25, -0.2) is 14.8 Å². The smallest absolute Gasteiger partial charge is 0.233 e. The molecule has 6 rings (SSSR count). The summed E-state index contributed by atoms with van der Waals surface area (Å²) in [6, 6.07) is 2.49. The third-order valence-electron chi connectivity index (χ3n) is 9.64. The number of amides is 1. The number of piperidine rings is 1. The van der Waals surface area contributed by atoms with Gasteiger partial charge in [-0.05, 0) is 38.6 Å². The number of carbonyl (C=O) groups is 1. The zero-order chi connectivity index (χ0) is 27.1. The van der Waals surface area contributed by atoms with Gasteiger partial charge in [-0.3, -0.25) is 15.1 Å². The van der Waals surface area contributed by atoms with Gasteiger partial charge in [-0.2, -0.15) is 5.26 Å². The predicted molar refractivity (Wildman–Crippen MR) is 146 cm³/mol. The Balaban J connectivity index is 1.08. The number of nitrogens with one attached hydrogen (secondary N) is 3. The third-order valence-corrected chi connectivity index (χ3v) is 9.64. The lowest BCUT2D eigenvalue weighted by Crippen LogP contribution is -2.59. The first kappa shape index (κ1) is 26.8. The number of fused-ring (bicyclic) bond motifs is 1. The monoisotopic (exact) mass is 540 g/mol. The van der Waals surface area contributed by atoms with Crippen LogP contribution in [0.25, 0.3) is 0 Å². The van der Waals surface area contributed by atoms with Gasteiger partial charge in [0.1, 0.15) is 5.69 Å². The van der Waals surface area contributed by atoms with Crippen LogP contribution >= 0.6 is 0 Å². The lowest BCUT2D eigenvalue weighted by molar-refractivity contribution is -0.121. The highest BCUT2D eigenvalue weighted by molar-refractivity contribution is 5.96. The van der Waals surface area contributed by atoms with E-state index >= 15 is 4.39 Å². The number of pyridine rings is 1. The van der Waals surface area contributed by atoms with E-state index in [1.165, 1.54) is 12.4 Å². The van der Waals surface area contributed by atoms with Gasteiger partial charge in [-0.1, -0.05) is 0 Å². The van der Waals surface area contributed by atoms with Crippen molar-refractivity contribution in [3.8, 4) is 6.07 Å². The van der Waals surface area contributed by atoms with Crippen molar-refractivity contribution in [1.29, 1.82) is 5.26 Å². The van der Waals surface area contributed by atoms with Crippen LogP contribution in [0.1, 0.15) is 25.7 Å². The van der Waals surface area contributed by atoms with Crippen molar-refractivity contribution in [3.63, 3.8) is 0 Å². The first-order valence-corrected chi connectivity index (χ1v) is 14.4. The zero-order valence-corrected chi connectivity index (χ0v) is 22.8. The fraction of sp³-hybridized carbons (Fsp3) is 0.741. The Morgan fingerprint density at radius 1 is 1.23 bits per heavy atom. The van der Waals surface area contributed by atoms with Crippen LogP contribution in [0.3, 0.4) is 0 Å². The second-order valence-electron chi connectivity index (χ2n) is 12.2. The van der Waals surface area contributed by atoms with Crippen LogP contribution in [0.4, 0.5) is 15.8 Å². The molecule has 4 unspecified atom stereocenters. The molecule has 4 saturated heterocycles. The van der Waals surface area contributed by atoms with Crippen LogP contribution in [-0.4, -0.2) is 104 Å². The summed E-state index contributed by atoms with van der Waals surface area (Å²) in [6.45, 7) is 8.35. The molecule has 39 heavy (non-hydrogen) atoms. The largest absolute Gasteiger partial charge is 0.367 e. The number of aromatic nitrogens is 1. The molecule has 1 amide bonds. The van der Waals surface area contributed by atoms with Gasteiger partial charge in [0, 0.05) is 64.8 Å². The van der Waals surface area contributed by atoms with E-state index in [-0.39, 0.29) is 23.4 Å². The quantitative estimate of drug-likeness (QED) is 0.397. The van der Waals surface area contributed by atoms with Crippen molar-refractivity contribution in [2.45, 2.75) is 38.0 Å². The molecule has 1 aromatic heterocycles. The van der Waals surface area contributed by atoms with Gasteiger partial charge in [0.2, 0.25) is 5.91 Å². The van der Waals surface area contributed by atoms with Crippen molar-refractivity contribution in [3.05, 3.63) is 18.2 Å². The third kappa shape index (κ3) is 5.36. The minimum absolute atomic E-state index is 0.193. The number of piperazine rings is 1. The van der Waals surface area contributed by atoms with Crippen LogP contribution in [0, 0.1) is 40.3 Å². The van der Waals surface area contributed by atoms with E-state index in [4.69, 9.17) is 5.73 Å². The Morgan fingerprint density at radius 3 is 2.67 bits per heavy atom. The van der Waals surface area contributed by atoms with Crippen LogP contribution in [0.5, 0.6) is 0 Å². The number of hydrogen-bond donors (Lipinski definition) is 4. The lowest BCUT2D eigenvalue weighted by atomic mass is 9.87. The van der Waals surface area contributed by atoms with Gasteiger partial charge in [0.15, 0.2) is 5.82 Å². The average molecular weight is 541 g/mol. The standard InChI is InChI=1S/C27H41FN10O/c1-35-8-10-36(11-9-35)15-18-2-6-37(7-3-18)23-20(28)13-31-14-21(23)33-26(39)22-24(30)34-38-16-19(12-32-25(22)38)27(17-29)4-5-27/h13-14,18-19,22,24-25,32,34H,2-12,15-16,30H2,1H3,(H,33,39). The highest BCUT2D eigenvalue weighted by Gasteiger charge is 2.55. The summed E-state index contributed by atoms with van der Waals surface area (Å²) in [7, 11) is 2.17. The molecule has 11 nitrogen and oxygen atoms in total. The highest BCUT2D eigenvalue weighted by atomic mass is 19.1. The van der Waals surface area contributed by atoms with E-state index in [2.05, 4.69) is 44.0 Å². The number of likely N-dealkylation sites (N-methyl/N-ethyl adjacent to an activating group) is 1. The summed E-state index contributed by atoms with van der Waals surface area (Å²) in [5.41, 5.74) is 10.1. The van der Waals surface area contributed by atoms with Crippen molar-refractivity contribution in [2.75, 3.05) is 76.2 Å². The van der Waals surface area contributed by atoms with Crippen LogP contribution in [0.15, 0.2) is 12.4 Å². The van der Waals surface area contributed by atoms with Crippen molar-refractivity contribution in [2.24, 2.45) is 28.9 Å². The molecule has 212 valence electrons. The maximum Gasteiger partial charge on any atom is 0.233 e. The molecule has 5 aliphatic rings. The van der Waals surface area contributed by atoms with Gasteiger partial charge < -0.3 is 25.8 Å². The van der Waals surface area contributed by atoms with E-state index in [9.17, 15) is 10.1 Å². The first-order chi connectivity index (χ1) is 18.9. The number of rotatable bonds is 6. The molecule has 4 aliphatic heterocycles. The molecule has 5 heterocycles. The lowest BCUT2D eigenvalue weighted by Gasteiger charge is -2.39. The summed E-state index contributed by atoms with van der Waals surface area (Å²) >= 11 is 0. The SMILES string of the molecule is CN1CCN(CC2CCN(c3c(F)cncc3NC(=O)C3C(N)NN4CC(C5(C#N)CC5)CNC34)CC2)CC1. The molecule has 5 N–H and O–H groups in total. The minimum atomic E-state index is -0.589. The van der Waals surface area contributed by atoms with Crippen molar-refractivity contribution in [1.82, 2.24) is 30.5 Å². The fourth-order valence-corrected chi connectivity index (χ4v) is 6.93. The number of nitrogens with two attached hydrogens (primary N) is 1. The van der Waals surface area contributed by atoms with Crippen molar-refractivity contribution < 1.29 is 9.18 Å². The van der Waals surface area contributed by atoms with Gasteiger partial charge in [0.05, 0.1) is 47.8 Å². The van der Waals surface area contributed by atoms with Crippen LogP contribution in [0.2, 0.25) is 0 Å². The molecule has 5 fully saturated rings. The molecule has 0 spiro atoms. The summed E-state index contributed by atoms with van der Waals surface area (Å²) in [5.74, 6) is -0.482. The maximum absolute atomic E-state index is 15.2. The van der Waals surface area contributed by atoms with Crippen LogP contribution < -0.4 is 26.7 Å². The van der Waals surface area contributed by atoms with E-state index in [1.807, 2.05) is 9.91 Å². The Labute approximate surface area is 229 Å². The van der Waals surface area contributed by atoms with E-state index < -0.39 is 17.9 Å². The minimum Gasteiger partial charge on any atom is -0.367 e. The molecule has 1 saturated carbocycles. The molecular weight excluding hydrogens is 499 g/mol. The molecule has 0 bridgehead atoms. The maximum atomic E-state index is 15.2. The number of carbonyl (C=O) groups excluding carboxylic acids is 1. The number of hydrogen-bond acceptors (Lipinski definition) is 10. The summed E-state index contributed by atoms with van der Waals surface area (Å²) in [5, 5.41) is 18.0. The second-order valence-corrected chi connectivity index (χ2v) is 12.2. The van der Waals surface area contributed by atoms with Gasteiger partial charge in [-0.15, -0.1) is 0 Å². The first-order valence-electron chi connectivity index (χ1n) is 14.4. The molecule has 0 aromatic carbocycles. The number of halogens is 1. The predicted octanol–water partition coefficient (Wildman–Crippen LogP) is 0.193. The summed E-state index contributed by atoms with van der Waals surface area (Å²) in [6.07, 6.45) is 5.70. The normalized spacial score (nSPS) is 32.0. The molecule has 0 radical (unpaired) electrons. The van der Waals surface area contributed by atoms with E-state index in [0.717, 1.165) is 71.5 Å². The summed E-state index contributed by atoms with van der Waals surface area (Å²) < 4.78 is 15.2. The average Bonchev–Trinajstić information content (AvgIpc) is 3.66. The van der Waals surface area contributed by atoms with Crippen LogP contribution in [-0.2, 0) is 4.79 Å². The Kier molecular flexibility index (Phi) is 7.47. The number of anilines is 2. The Morgan fingerprint density at radius 2 is 1.97 bits per heavy atom. The number of nitriles is 1. The second kappa shape index (κ2) is 10.9. The Hall–Kier alpha value is -2.40. The van der Waals surface area contributed by atoms with Crippen molar-refractivity contribution >= 4 is 17.3 Å². The van der Waals surface area contributed by atoms with E-state index in [1.54, 1.807) is 0 Å². The Bertz CT molecular complexity index is 1090. The van der Waals surface area contributed by atoms with Gasteiger partial charge >= 0.3 is 0 Å².